The van der Waals surface area contributed by atoms with E-state index in [4.69, 9.17) is 21.3 Å². The topological polar surface area (TPSA) is 73.8 Å². The molecule has 9 heteroatoms. The van der Waals surface area contributed by atoms with Crippen LogP contribution in [-0.2, 0) is 0 Å². The first-order chi connectivity index (χ1) is 19.1. The Balaban J connectivity index is 1.38. The average molecular weight is 562 g/mol. The third kappa shape index (κ3) is 4.42. The van der Waals surface area contributed by atoms with Gasteiger partial charge in [0.15, 0.2) is 5.82 Å². The van der Waals surface area contributed by atoms with Crippen molar-refractivity contribution in [1.29, 1.82) is 0 Å². The first kappa shape index (κ1) is 25.7. The SMILES string of the molecule is CN(C)CC1(COc2nc(N3CC4C[C@@](C)(C3)N4)c3cc(Cl)c(-c4cc(O)cc5ccccc45)c(F)c3n2)CC1. The molecule has 208 valence electrons. The lowest BCUT2D eigenvalue weighted by molar-refractivity contribution is 0.126. The molecule has 2 atom stereocenters. The zero-order valence-electron chi connectivity index (χ0n) is 23.0. The van der Waals surface area contributed by atoms with Crippen molar-refractivity contribution in [3.8, 4) is 22.9 Å². The normalized spacial score (nSPS) is 23.1. The van der Waals surface area contributed by atoms with Crippen LogP contribution in [0.25, 0.3) is 32.8 Å². The van der Waals surface area contributed by atoms with Crippen molar-refractivity contribution in [2.75, 3.05) is 45.2 Å². The molecule has 4 fully saturated rings. The van der Waals surface area contributed by atoms with Crippen LogP contribution in [0, 0.1) is 11.2 Å². The molecule has 3 aliphatic heterocycles. The third-order valence-corrected chi connectivity index (χ3v) is 8.90. The van der Waals surface area contributed by atoms with Gasteiger partial charge in [0, 0.05) is 47.6 Å². The van der Waals surface area contributed by atoms with E-state index in [2.05, 4.69) is 41.1 Å². The third-order valence-electron chi connectivity index (χ3n) is 8.60. The summed E-state index contributed by atoms with van der Waals surface area (Å²) in [6.45, 7) is 5.12. The summed E-state index contributed by atoms with van der Waals surface area (Å²) in [5, 5.41) is 16.5. The summed E-state index contributed by atoms with van der Waals surface area (Å²) in [7, 11) is 4.12. The van der Waals surface area contributed by atoms with Gasteiger partial charge < -0.3 is 25.0 Å². The van der Waals surface area contributed by atoms with Crippen molar-refractivity contribution in [1.82, 2.24) is 20.2 Å². The maximum absolute atomic E-state index is 16.7. The molecule has 7 nitrogen and oxygen atoms in total. The minimum atomic E-state index is -0.548. The van der Waals surface area contributed by atoms with Crippen molar-refractivity contribution in [3.05, 3.63) is 53.3 Å². The molecule has 1 aliphatic carbocycles. The molecule has 3 saturated heterocycles. The fourth-order valence-electron chi connectivity index (χ4n) is 6.78. The van der Waals surface area contributed by atoms with Gasteiger partial charge in [0.25, 0.3) is 0 Å². The minimum Gasteiger partial charge on any atom is -0.508 e. The van der Waals surface area contributed by atoms with E-state index in [0.29, 0.717) is 29.4 Å². The molecule has 1 saturated carbocycles. The highest BCUT2D eigenvalue weighted by Gasteiger charge is 2.47. The van der Waals surface area contributed by atoms with Gasteiger partial charge in [-0.3, -0.25) is 0 Å². The van der Waals surface area contributed by atoms with Crippen LogP contribution in [0.5, 0.6) is 11.8 Å². The van der Waals surface area contributed by atoms with E-state index in [1.165, 1.54) is 0 Å². The number of benzene rings is 3. The standard InChI is InChI=1S/C31H33ClFN5O2/c1-30-13-19(36-30)14-38(15-30)28-23-12-24(32)25(22-11-20(39)10-18-6-4-5-7-21(18)22)26(33)27(23)34-29(35-28)40-17-31(8-9-31)16-37(2)3/h4-7,10-12,19,36,39H,8-9,13-17H2,1-3H3/t19?,30-/m0/s1. The molecule has 4 aromatic rings. The molecule has 1 unspecified atom stereocenters. The Morgan fingerprint density at radius 3 is 2.67 bits per heavy atom. The number of piperidine rings is 1. The molecule has 0 radical (unpaired) electrons. The second-order valence-corrected chi connectivity index (χ2v) is 12.9. The van der Waals surface area contributed by atoms with Crippen molar-refractivity contribution >= 4 is 39.1 Å². The molecule has 1 aromatic heterocycles. The number of hydrogen-bond donors (Lipinski definition) is 2. The predicted molar refractivity (Wildman–Crippen MR) is 157 cm³/mol. The number of anilines is 1. The Morgan fingerprint density at radius 2 is 1.95 bits per heavy atom. The zero-order valence-corrected chi connectivity index (χ0v) is 23.7. The molecule has 2 bridgehead atoms. The zero-order chi connectivity index (χ0) is 27.8. The van der Waals surface area contributed by atoms with E-state index in [0.717, 1.165) is 49.7 Å². The van der Waals surface area contributed by atoms with E-state index in [1.54, 1.807) is 18.2 Å². The van der Waals surface area contributed by atoms with Gasteiger partial charge in [-0.15, -0.1) is 0 Å². The Morgan fingerprint density at radius 1 is 1.18 bits per heavy atom. The highest BCUT2D eigenvalue weighted by Crippen LogP contribution is 2.47. The Kier molecular flexibility index (Phi) is 5.90. The number of nitrogens with one attached hydrogen (secondary N) is 1. The van der Waals surface area contributed by atoms with Gasteiger partial charge in [-0.05, 0) is 74.8 Å². The van der Waals surface area contributed by atoms with Crippen molar-refractivity contribution in [2.45, 2.75) is 37.8 Å². The van der Waals surface area contributed by atoms with Gasteiger partial charge in [-0.1, -0.05) is 35.9 Å². The molecule has 40 heavy (non-hydrogen) atoms. The molecule has 4 heterocycles. The molecule has 0 spiro atoms. The quantitative estimate of drug-likeness (QED) is 0.304. The number of phenols is 1. The van der Waals surface area contributed by atoms with E-state index in [1.807, 2.05) is 24.3 Å². The largest absolute Gasteiger partial charge is 0.508 e. The van der Waals surface area contributed by atoms with Crippen LogP contribution in [0.1, 0.15) is 26.2 Å². The number of ether oxygens (including phenoxy) is 1. The number of rotatable bonds is 7. The van der Waals surface area contributed by atoms with Crippen LogP contribution in [0.3, 0.4) is 0 Å². The summed E-state index contributed by atoms with van der Waals surface area (Å²) < 4.78 is 22.9. The van der Waals surface area contributed by atoms with Crippen molar-refractivity contribution < 1.29 is 14.2 Å². The highest BCUT2D eigenvalue weighted by molar-refractivity contribution is 6.35. The summed E-state index contributed by atoms with van der Waals surface area (Å²) in [4.78, 5) is 13.9. The lowest BCUT2D eigenvalue weighted by Crippen LogP contribution is -2.74. The van der Waals surface area contributed by atoms with E-state index < -0.39 is 5.82 Å². The summed E-state index contributed by atoms with van der Waals surface area (Å²) in [6.07, 6.45) is 3.27. The number of aromatic nitrogens is 2. The first-order valence-corrected chi connectivity index (χ1v) is 14.2. The van der Waals surface area contributed by atoms with Crippen LogP contribution >= 0.6 is 11.6 Å². The monoisotopic (exact) mass is 561 g/mol. The van der Waals surface area contributed by atoms with Gasteiger partial charge in [0.2, 0.25) is 0 Å². The number of halogens is 2. The van der Waals surface area contributed by atoms with Crippen LogP contribution in [0.4, 0.5) is 10.2 Å². The van der Waals surface area contributed by atoms with Crippen LogP contribution in [0.15, 0.2) is 42.5 Å². The van der Waals surface area contributed by atoms with Crippen LogP contribution < -0.4 is 15.0 Å². The smallest absolute Gasteiger partial charge is 0.319 e. The summed E-state index contributed by atoms with van der Waals surface area (Å²) in [5.74, 6) is 0.135. The summed E-state index contributed by atoms with van der Waals surface area (Å²) in [5.41, 5.74) is 0.964. The molecular weight excluding hydrogens is 529 g/mol. The number of piperazine rings is 1. The average Bonchev–Trinajstić information content (AvgIpc) is 3.65. The maximum Gasteiger partial charge on any atom is 0.319 e. The van der Waals surface area contributed by atoms with Crippen molar-refractivity contribution in [2.24, 2.45) is 5.41 Å². The van der Waals surface area contributed by atoms with E-state index >= 15 is 4.39 Å². The van der Waals surface area contributed by atoms with Gasteiger partial charge in [0.1, 0.15) is 17.1 Å². The van der Waals surface area contributed by atoms with Gasteiger partial charge in [-0.25, -0.2) is 4.39 Å². The molecule has 0 amide bonds. The second-order valence-electron chi connectivity index (χ2n) is 12.5. The summed E-state index contributed by atoms with van der Waals surface area (Å²) in [6, 6.07) is 13.1. The van der Waals surface area contributed by atoms with E-state index in [9.17, 15) is 5.11 Å². The maximum atomic E-state index is 16.7. The first-order valence-electron chi connectivity index (χ1n) is 13.8. The predicted octanol–water partition coefficient (Wildman–Crippen LogP) is 5.61. The number of phenolic OH excluding ortho intramolecular Hbond substituents is 1. The van der Waals surface area contributed by atoms with Crippen molar-refractivity contribution in [3.63, 3.8) is 0 Å². The highest BCUT2D eigenvalue weighted by atomic mass is 35.5. The Labute approximate surface area is 237 Å². The van der Waals surface area contributed by atoms with Crippen LogP contribution in [0.2, 0.25) is 5.02 Å². The molecule has 3 aromatic carbocycles. The number of fused-ring (bicyclic) bond motifs is 4. The second kappa shape index (κ2) is 9.16. The summed E-state index contributed by atoms with van der Waals surface area (Å²) >= 11 is 6.84. The minimum absolute atomic E-state index is 0.00620. The lowest BCUT2D eigenvalue weighted by Gasteiger charge is -2.56. The van der Waals surface area contributed by atoms with Gasteiger partial charge in [-0.2, -0.15) is 9.97 Å². The van der Waals surface area contributed by atoms with Crippen LogP contribution in [-0.4, -0.2) is 71.9 Å². The lowest BCUT2D eigenvalue weighted by atomic mass is 9.79. The van der Waals surface area contributed by atoms with Gasteiger partial charge >= 0.3 is 6.01 Å². The number of nitrogens with zero attached hydrogens (tertiary/aromatic N) is 4. The molecule has 8 rings (SSSR count). The molecule has 2 N–H and O–H groups in total. The molecule has 4 aliphatic rings. The fraction of sp³-hybridized carbons (Fsp3) is 0.419. The van der Waals surface area contributed by atoms with Gasteiger partial charge in [0.05, 0.1) is 11.6 Å². The number of hydrogen-bond acceptors (Lipinski definition) is 7. The molecular formula is C31H33ClFN5O2. The Hall–Kier alpha value is -3.20. The Bertz CT molecular complexity index is 1650. The number of aromatic hydroxyl groups is 1. The van der Waals surface area contributed by atoms with E-state index in [-0.39, 0.29) is 38.8 Å². The fourth-order valence-corrected chi connectivity index (χ4v) is 7.07.